The Labute approximate surface area is 234 Å². The molecule has 2 fully saturated rings. The van der Waals surface area contributed by atoms with Crippen LogP contribution in [0.1, 0.15) is 12.0 Å². The van der Waals surface area contributed by atoms with Crippen LogP contribution in [0.5, 0.6) is 17.2 Å². The summed E-state index contributed by atoms with van der Waals surface area (Å²) in [6.07, 6.45) is -6.81. The number of aliphatic hydroxyl groups is 4. The molecule has 0 aromatic heterocycles. The normalized spacial score (nSPS) is 33.1. The monoisotopic (exact) mass is 580 g/mol. The summed E-state index contributed by atoms with van der Waals surface area (Å²) >= 11 is 0. The maximum atomic E-state index is 12.4. The molecule has 1 saturated heterocycles. The van der Waals surface area contributed by atoms with Gasteiger partial charge >= 0.3 is 11.9 Å². The number of methoxy groups -OCH3 is 2. The first-order chi connectivity index (χ1) is 19.5. The smallest absolute Gasteiger partial charge is 0.334 e. The number of ether oxygens (including phenoxy) is 6. The fourth-order valence-electron chi connectivity index (χ4n) is 5.03. The summed E-state index contributed by atoms with van der Waals surface area (Å²) in [5.74, 6) is -3.52. The minimum atomic E-state index is -1.76. The number of fused-ring (bicyclic) bond motifs is 1. The van der Waals surface area contributed by atoms with Crippen molar-refractivity contribution in [1.29, 1.82) is 0 Å². The van der Waals surface area contributed by atoms with Crippen molar-refractivity contribution in [1.82, 2.24) is 0 Å². The average Bonchev–Trinajstić information content (AvgIpc) is 3.25. The van der Waals surface area contributed by atoms with Gasteiger partial charge < -0.3 is 59.1 Å². The van der Waals surface area contributed by atoms with Gasteiger partial charge in [0, 0.05) is 12.0 Å². The van der Waals surface area contributed by atoms with Gasteiger partial charge in [-0.15, -0.1) is 0 Å². The van der Waals surface area contributed by atoms with E-state index in [4.69, 9.17) is 28.4 Å². The molecular formula is C27H32O14. The predicted molar refractivity (Wildman–Crippen MR) is 136 cm³/mol. The summed E-state index contributed by atoms with van der Waals surface area (Å²) in [5, 5.41) is 61.1. The molecule has 4 rings (SSSR count). The number of phenolic OH excluding ortho intramolecular Hbond substituents is 1. The molecule has 3 aliphatic rings. The largest absolute Gasteiger partial charge is 0.502 e. The molecule has 6 N–H and O–H groups in total. The zero-order chi connectivity index (χ0) is 30.0. The van der Waals surface area contributed by atoms with Gasteiger partial charge in [0.05, 0.1) is 38.1 Å². The van der Waals surface area contributed by atoms with Crippen LogP contribution in [-0.4, -0.2) is 107 Å². The van der Waals surface area contributed by atoms with Gasteiger partial charge in [-0.25, -0.2) is 9.59 Å². The van der Waals surface area contributed by atoms with Gasteiger partial charge in [0.15, 0.2) is 17.8 Å². The Balaban J connectivity index is 1.41. The summed E-state index contributed by atoms with van der Waals surface area (Å²) < 4.78 is 32.1. The van der Waals surface area contributed by atoms with E-state index in [-0.39, 0.29) is 34.8 Å². The molecule has 2 heterocycles. The van der Waals surface area contributed by atoms with Crippen molar-refractivity contribution in [2.24, 2.45) is 11.8 Å². The number of carbonyl (C=O) groups is 2. The fourth-order valence-corrected chi connectivity index (χ4v) is 5.03. The third-order valence-electron chi connectivity index (χ3n) is 7.28. The standard InChI is InChI=1S/C27H32O14/c1-11-15(28)8-13-14(25(34)35)9-39-26(20(11)13)41-27-24(33)23(32)22(31)18(40-27)10-38-19(29)5-4-12-6-16(36-2)21(30)17(7-12)37-3/h4-7,9,13,15,18,20,22-24,26-28,30-33H,1,8,10H2,2-3H3,(H,34,35)/b5-4+/t13-,15+,18-,20?,22-,23+,24-,26+,27+/m1/s1. The van der Waals surface area contributed by atoms with Crippen LogP contribution in [0.4, 0.5) is 0 Å². The quantitative estimate of drug-likeness (QED) is 0.125. The highest BCUT2D eigenvalue weighted by atomic mass is 16.8. The lowest BCUT2D eigenvalue weighted by atomic mass is 9.85. The van der Waals surface area contributed by atoms with Crippen molar-refractivity contribution in [3.63, 3.8) is 0 Å². The lowest BCUT2D eigenvalue weighted by Gasteiger charge is -2.42. The van der Waals surface area contributed by atoms with Crippen LogP contribution in [0.15, 0.2) is 42.2 Å². The van der Waals surface area contributed by atoms with E-state index in [9.17, 15) is 40.2 Å². The zero-order valence-electron chi connectivity index (χ0n) is 22.2. The molecule has 0 bridgehead atoms. The number of aliphatic carboxylic acids is 1. The number of phenols is 1. The molecule has 14 heteroatoms. The van der Waals surface area contributed by atoms with Crippen molar-refractivity contribution in [2.75, 3.05) is 20.8 Å². The molecule has 1 aromatic carbocycles. The molecule has 9 atom stereocenters. The summed E-state index contributed by atoms with van der Waals surface area (Å²) in [6, 6.07) is 2.92. The topological polar surface area (TPSA) is 211 Å². The Kier molecular flexibility index (Phi) is 9.21. The Bertz CT molecular complexity index is 1200. The van der Waals surface area contributed by atoms with Gasteiger partial charge in [0.25, 0.3) is 0 Å². The molecule has 0 radical (unpaired) electrons. The van der Waals surface area contributed by atoms with Crippen molar-refractivity contribution in [3.05, 3.63) is 47.8 Å². The maximum Gasteiger partial charge on any atom is 0.334 e. The number of aliphatic hydroxyl groups excluding tert-OH is 4. The second kappa shape index (κ2) is 12.5. The van der Waals surface area contributed by atoms with Gasteiger partial charge in [-0.05, 0) is 35.8 Å². The molecule has 1 aliphatic carbocycles. The van der Waals surface area contributed by atoms with E-state index >= 15 is 0 Å². The van der Waals surface area contributed by atoms with Gasteiger partial charge in [-0.3, -0.25) is 0 Å². The van der Waals surface area contributed by atoms with Crippen LogP contribution < -0.4 is 9.47 Å². The van der Waals surface area contributed by atoms with Crippen LogP contribution >= 0.6 is 0 Å². The number of esters is 1. The van der Waals surface area contributed by atoms with E-state index < -0.39 is 73.5 Å². The minimum Gasteiger partial charge on any atom is -0.502 e. The number of hydrogen-bond acceptors (Lipinski definition) is 13. The second-order valence-corrected chi connectivity index (χ2v) is 9.73. The van der Waals surface area contributed by atoms with E-state index in [1.807, 2.05) is 0 Å². The highest BCUT2D eigenvalue weighted by molar-refractivity contribution is 5.88. The van der Waals surface area contributed by atoms with Crippen LogP contribution in [0.3, 0.4) is 0 Å². The maximum absolute atomic E-state index is 12.4. The van der Waals surface area contributed by atoms with E-state index in [2.05, 4.69) is 6.58 Å². The van der Waals surface area contributed by atoms with Crippen molar-refractivity contribution >= 4 is 18.0 Å². The summed E-state index contributed by atoms with van der Waals surface area (Å²) in [6.45, 7) is 3.28. The number of aromatic hydroxyl groups is 1. The SMILES string of the molecule is C=C1C2[C@H](O[C@@H]3O[C@H](COC(=O)/C=C/c4cc(OC)c(O)c(OC)c4)[C@@H](O)[C@H](O)[C@H]3O)OC=C(C(=O)O)[C@H]2C[C@@H]1O. The molecular weight excluding hydrogens is 548 g/mol. The number of carboxylic acid groups (broad SMARTS) is 1. The van der Waals surface area contributed by atoms with Gasteiger partial charge in [0.2, 0.25) is 12.0 Å². The summed E-state index contributed by atoms with van der Waals surface area (Å²) in [7, 11) is 2.70. The van der Waals surface area contributed by atoms with Crippen LogP contribution in [0.25, 0.3) is 6.08 Å². The first-order valence-electron chi connectivity index (χ1n) is 12.6. The van der Waals surface area contributed by atoms with E-state index in [1.54, 1.807) is 0 Å². The Morgan fingerprint density at radius 3 is 2.32 bits per heavy atom. The molecule has 1 saturated carbocycles. The highest BCUT2D eigenvalue weighted by Crippen LogP contribution is 2.46. The molecule has 0 spiro atoms. The van der Waals surface area contributed by atoms with Crippen molar-refractivity contribution in [2.45, 2.75) is 49.5 Å². The Morgan fingerprint density at radius 1 is 1.05 bits per heavy atom. The number of rotatable bonds is 9. The lowest BCUT2D eigenvalue weighted by Crippen LogP contribution is -2.60. The molecule has 1 aromatic rings. The summed E-state index contributed by atoms with van der Waals surface area (Å²) in [5.41, 5.74) is 0.646. The first kappa shape index (κ1) is 30.3. The number of carboxylic acids is 1. The molecule has 14 nitrogen and oxygen atoms in total. The lowest BCUT2D eigenvalue weighted by molar-refractivity contribution is -0.339. The van der Waals surface area contributed by atoms with Gasteiger partial charge in [-0.2, -0.15) is 0 Å². The molecule has 2 aliphatic heterocycles. The number of benzene rings is 1. The minimum absolute atomic E-state index is 0.0739. The summed E-state index contributed by atoms with van der Waals surface area (Å²) in [4.78, 5) is 24.0. The zero-order valence-corrected chi connectivity index (χ0v) is 22.2. The van der Waals surface area contributed by atoms with Crippen molar-refractivity contribution < 1.29 is 68.6 Å². The van der Waals surface area contributed by atoms with Gasteiger partial charge in [-0.1, -0.05) is 6.58 Å². The van der Waals surface area contributed by atoms with E-state index in [0.717, 1.165) is 12.3 Å². The first-order valence-corrected chi connectivity index (χ1v) is 12.6. The Hall–Kier alpha value is -3.66. The molecule has 0 amide bonds. The Morgan fingerprint density at radius 2 is 1.71 bits per heavy atom. The van der Waals surface area contributed by atoms with Crippen LogP contribution in [-0.2, 0) is 28.5 Å². The second-order valence-electron chi connectivity index (χ2n) is 9.73. The van der Waals surface area contributed by atoms with Gasteiger partial charge in [0.1, 0.15) is 31.0 Å². The van der Waals surface area contributed by atoms with E-state index in [0.29, 0.717) is 5.56 Å². The average molecular weight is 581 g/mol. The number of hydrogen-bond donors (Lipinski definition) is 6. The number of carbonyl (C=O) groups excluding carboxylic acids is 1. The van der Waals surface area contributed by atoms with Crippen molar-refractivity contribution in [3.8, 4) is 17.2 Å². The van der Waals surface area contributed by atoms with Crippen LogP contribution in [0.2, 0.25) is 0 Å². The van der Waals surface area contributed by atoms with E-state index in [1.165, 1.54) is 32.4 Å². The molecule has 41 heavy (non-hydrogen) atoms. The fraction of sp³-hybridized carbons (Fsp3) is 0.481. The predicted octanol–water partition coefficient (Wildman–Crippen LogP) is -0.332. The highest BCUT2D eigenvalue weighted by Gasteiger charge is 2.52. The molecule has 1 unspecified atom stereocenters. The van der Waals surface area contributed by atoms with Crippen LogP contribution in [0, 0.1) is 11.8 Å². The third kappa shape index (κ3) is 6.17. The molecule has 224 valence electrons. The third-order valence-corrected chi connectivity index (χ3v) is 7.28.